The number of aliphatic hydroxyl groups excluding tert-OH is 1. The predicted octanol–water partition coefficient (Wildman–Crippen LogP) is 9.14. The van der Waals surface area contributed by atoms with Crippen LogP contribution in [-0.4, -0.2) is 39.4 Å². The third-order valence-corrected chi connectivity index (χ3v) is 10.8. The van der Waals surface area contributed by atoms with E-state index in [4.69, 9.17) is 9.47 Å². The molecule has 1 N–H and O–H groups in total. The molecule has 0 aliphatic carbocycles. The number of amides is 2. The Balaban J connectivity index is 1.06. The van der Waals surface area contributed by atoms with Crippen LogP contribution in [-0.2, 0) is 35.7 Å². The van der Waals surface area contributed by atoms with E-state index in [0.717, 1.165) is 46.5 Å². The van der Waals surface area contributed by atoms with Gasteiger partial charge in [-0.15, -0.1) is 0 Å². The fourth-order valence-corrected chi connectivity index (χ4v) is 7.76. The predicted molar refractivity (Wildman–Crippen MR) is 212 cm³/mol. The van der Waals surface area contributed by atoms with Crippen LogP contribution in [0.15, 0.2) is 158 Å². The van der Waals surface area contributed by atoms with Crippen LogP contribution >= 0.6 is 0 Å². The number of benzene rings is 6. The first-order chi connectivity index (χ1) is 26.9. The number of ether oxygens (including phenoxy) is 2. The molecule has 0 aromatic heterocycles. The molecule has 7 nitrogen and oxygen atoms in total. The van der Waals surface area contributed by atoms with E-state index in [1.165, 1.54) is 16.0 Å². The van der Waals surface area contributed by atoms with Gasteiger partial charge in [0.2, 0.25) is 0 Å². The van der Waals surface area contributed by atoms with Crippen LogP contribution in [0.2, 0.25) is 0 Å². The molecule has 55 heavy (non-hydrogen) atoms. The number of fused-ring (bicyclic) bond motifs is 1. The molecule has 0 saturated carbocycles. The van der Waals surface area contributed by atoms with E-state index in [1.54, 1.807) is 24.3 Å². The van der Waals surface area contributed by atoms with E-state index < -0.39 is 6.29 Å². The molecule has 7 heteroatoms. The standard InChI is InChI=1S/C48H44N2O5/c1-33-44(31-49(28-34-12-4-2-5-13-34)29-35-14-6-3-7-15-35)54-48(55-45(33)38-22-20-36(32-51)21-23-38)39-26-24-37(25-27-39)41-17-9-8-16-40(41)30-50-46(52)42-18-10-11-19-43(42)47(50)53/h2-27,33,44-45,48,51H,28-32H2,1H3/t33-,44+,45+,48+/m1/s1. The minimum Gasteiger partial charge on any atom is -0.392 e. The highest BCUT2D eigenvalue weighted by Crippen LogP contribution is 2.42. The van der Waals surface area contributed by atoms with Gasteiger partial charge in [0.1, 0.15) is 0 Å². The van der Waals surface area contributed by atoms with E-state index in [9.17, 15) is 14.7 Å². The maximum atomic E-state index is 13.2. The summed E-state index contributed by atoms with van der Waals surface area (Å²) >= 11 is 0. The number of nitrogens with zero attached hydrogens (tertiary/aromatic N) is 2. The highest BCUT2D eigenvalue weighted by atomic mass is 16.7. The molecule has 1 fully saturated rings. The number of carbonyl (C=O) groups excluding carboxylic acids is 2. The van der Waals surface area contributed by atoms with Gasteiger partial charge in [-0.2, -0.15) is 0 Å². The quantitative estimate of drug-likeness (QED) is 0.127. The molecular formula is C48H44N2O5. The minimum absolute atomic E-state index is 0.0164. The van der Waals surface area contributed by atoms with E-state index in [0.29, 0.717) is 17.7 Å². The summed E-state index contributed by atoms with van der Waals surface area (Å²) in [7, 11) is 0. The molecular weight excluding hydrogens is 685 g/mol. The van der Waals surface area contributed by atoms with Gasteiger partial charge in [0.25, 0.3) is 11.8 Å². The average Bonchev–Trinajstić information content (AvgIpc) is 3.47. The molecule has 0 radical (unpaired) electrons. The van der Waals surface area contributed by atoms with Crippen molar-refractivity contribution in [3.63, 3.8) is 0 Å². The molecule has 0 unspecified atom stereocenters. The summed E-state index contributed by atoms with van der Waals surface area (Å²) in [6.07, 6.45) is -1.03. The number of imide groups is 1. The Bertz CT molecular complexity index is 2160. The molecule has 0 bridgehead atoms. The number of aliphatic hydroxyl groups is 1. The number of carbonyl (C=O) groups is 2. The van der Waals surface area contributed by atoms with E-state index in [-0.39, 0.29) is 43.1 Å². The van der Waals surface area contributed by atoms with E-state index in [2.05, 4.69) is 72.5 Å². The number of hydrogen-bond acceptors (Lipinski definition) is 6. The third-order valence-electron chi connectivity index (χ3n) is 10.8. The maximum absolute atomic E-state index is 13.2. The normalized spacial score (nSPS) is 19.5. The van der Waals surface area contributed by atoms with Crippen molar-refractivity contribution in [2.45, 2.75) is 51.7 Å². The highest BCUT2D eigenvalue weighted by molar-refractivity contribution is 6.21. The van der Waals surface area contributed by atoms with Crippen LogP contribution in [0.3, 0.4) is 0 Å². The third kappa shape index (κ3) is 7.93. The minimum atomic E-state index is -0.623. The first-order valence-electron chi connectivity index (χ1n) is 18.9. The average molecular weight is 729 g/mol. The van der Waals surface area contributed by atoms with Gasteiger partial charge in [-0.25, -0.2) is 0 Å². The summed E-state index contributed by atoms with van der Waals surface area (Å²) in [5.74, 6) is -0.515. The van der Waals surface area contributed by atoms with Gasteiger partial charge in [-0.1, -0.05) is 153 Å². The highest BCUT2D eigenvalue weighted by Gasteiger charge is 2.39. The van der Waals surface area contributed by atoms with Gasteiger partial charge in [-0.3, -0.25) is 19.4 Å². The molecule has 6 aromatic carbocycles. The van der Waals surface area contributed by atoms with Crippen molar-refractivity contribution in [1.29, 1.82) is 0 Å². The first-order valence-corrected chi connectivity index (χ1v) is 18.9. The Morgan fingerprint density at radius 2 is 1.11 bits per heavy atom. The zero-order valence-corrected chi connectivity index (χ0v) is 30.8. The number of rotatable bonds is 12. The van der Waals surface area contributed by atoms with Crippen LogP contribution in [0.4, 0.5) is 0 Å². The lowest BCUT2D eigenvalue weighted by molar-refractivity contribution is -0.276. The molecule has 4 atom stereocenters. The largest absolute Gasteiger partial charge is 0.392 e. The smallest absolute Gasteiger partial charge is 0.261 e. The van der Waals surface area contributed by atoms with Crippen LogP contribution in [0.25, 0.3) is 11.1 Å². The van der Waals surface area contributed by atoms with Crippen molar-refractivity contribution in [1.82, 2.24) is 9.80 Å². The van der Waals surface area contributed by atoms with Crippen LogP contribution in [0.5, 0.6) is 0 Å². The SMILES string of the molecule is C[C@@H]1[C@H](CN(Cc2ccccc2)Cc2ccccc2)O[C@H](c2ccc(-c3ccccc3CN3C(=O)c4ccccc4C3=O)cc2)O[C@@H]1c1ccc(CO)cc1. The Labute approximate surface area is 322 Å². The number of hydrogen-bond donors (Lipinski definition) is 1. The Morgan fingerprint density at radius 3 is 1.69 bits per heavy atom. The fourth-order valence-electron chi connectivity index (χ4n) is 7.76. The molecule has 0 spiro atoms. The van der Waals surface area contributed by atoms with Gasteiger partial charge in [0.05, 0.1) is 36.5 Å². The molecule has 1 saturated heterocycles. The van der Waals surface area contributed by atoms with Crippen LogP contribution in [0.1, 0.15) is 73.4 Å². The van der Waals surface area contributed by atoms with Gasteiger partial charge in [0, 0.05) is 31.1 Å². The Hall–Kier alpha value is -5.70. The molecule has 2 aliphatic rings. The van der Waals surface area contributed by atoms with Crippen molar-refractivity contribution in [2.75, 3.05) is 6.54 Å². The van der Waals surface area contributed by atoms with Crippen molar-refractivity contribution >= 4 is 11.8 Å². The summed E-state index contributed by atoms with van der Waals surface area (Å²) in [5, 5.41) is 9.73. The fraction of sp³-hybridized carbons (Fsp3) is 0.208. The second kappa shape index (κ2) is 16.3. The molecule has 2 heterocycles. The molecule has 276 valence electrons. The van der Waals surface area contributed by atoms with Crippen molar-refractivity contribution in [3.05, 3.63) is 202 Å². The molecule has 8 rings (SSSR count). The zero-order valence-electron chi connectivity index (χ0n) is 30.8. The lowest BCUT2D eigenvalue weighted by Crippen LogP contribution is -2.44. The first kappa shape index (κ1) is 36.3. The summed E-state index contributed by atoms with van der Waals surface area (Å²) in [5.41, 5.74) is 8.95. The maximum Gasteiger partial charge on any atom is 0.261 e. The Morgan fingerprint density at radius 1 is 0.582 bits per heavy atom. The van der Waals surface area contributed by atoms with E-state index >= 15 is 0 Å². The monoisotopic (exact) mass is 728 g/mol. The van der Waals surface area contributed by atoms with Gasteiger partial charge in [0.15, 0.2) is 6.29 Å². The van der Waals surface area contributed by atoms with Gasteiger partial charge >= 0.3 is 0 Å². The van der Waals surface area contributed by atoms with Crippen LogP contribution in [0, 0.1) is 5.92 Å². The van der Waals surface area contributed by atoms with Crippen molar-refractivity contribution in [2.24, 2.45) is 5.92 Å². The molecule has 2 aliphatic heterocycles. The lowest BCUT2D eigenvalue weighted by Gasteiger charge is -2.43. The second-order valence-corrected chi connectivity index (χ2v) is 14.5. The summed E-state index contributed by atoms with van der Waals surface area (Å²) in [4.78, 5) is 30.2. The molecule has 6 aromatic rings. The topological polar surface area (TPSA) is 79.3 Å². The summed E-state index contributed by atoms with van der Waals surface area (Å²) in [6.45, 7) is 4.61. The second-order valence-electron chi connectivity index (χ2n) is 14.5. The van der Waals surface area contributed by atoms with E-state index in [1.807, 2.05) is 72.8 Å². The Kier molecular flexibility index (Phi) is 10.8. The van der Waals surface area contributed by atoms with Crippen LogP contribution < -0.4 is 0 Å². The summed E-state index contributed by atoms with van der Waals surface area (Å²) < 4.78 is 13.7. The zero-order chi connectivity index (χ0) is 37.7. The van der Waals surface area contributed by atoms with Gasteiger partial charge < -0.3 is 14.6 Å². The lowest BCUT2D eigenvalue weighted by atomic mass is 9.89. The van der Waals surface area contributed by atoms with Crippen molar-refractivity contribution < 1.29 is 24.2 Å². The molecule has 2 amide bonds. The summed E-state index contributed by atoms with van der Waals surface area (Å²) in [6, 6.07) is 52.2. The van der Waals surface area contributed by atoms with Gasteiger partial charge in [-0.05, 0) is 51.1 Å². The van der Waals surface area contributed by atoms with Crippen molar-refractivity contribution in [3.8, 4) is 11.1 Å².